The summed E-state index contributed by atoms with van der Waals surface area (Å²) < 4.78 is 7.50. The van der Waals surface area contributed by atoms with E-state index in [1.165, 1.54) is 5.56 Å². The summed E-state index contributed by atoms with van der Waals surface area (Å²) in [6.45, 7) is 3.63. The van der Waals surface area contributed by atoms with Crippen LogP contribution in [0.15, 0.2) is 47.5 Å². The maximum atomic E-state index is 5.47. The van der Waals surface area contributed by atoms with Crippen LogP contribution in [0.1, 0.15) is 17.4 Å². The van der Waals surface area contributed by atoms with Crippen LogP contribution in [0, 0.1) is 0 Å². The molecule has 3 aromatic rings. The standard InChI is InChI=1S/C17H20N6O.ClH/c1-22-8-6-18-10-15(22)16-20-17(24-21-16)14-4-2-13(3-5-14)11-23-9-7-19-12-23;/h2-5,7,9,12,15,18H,6,8,10-11H2,1H3;1H. The molecule has 0 saturated carbocycles. The third-order valence-corrected chi connectivity index (χ3v) is 4.38. The molecule has 4 rings (SSSR count). The fourth-order valence-corrected chi connectivity index (χ4v) is 2.93. The monoisotopic (exact) mass is 360 g/mol. The number of rotatable bonds is 4. The molecule has 1 fully saturated rings. The van der Waals surface area contributed by atoms with Gasteiger partial charge in [-0.15, -0.1) is 12.4 Å². The second-order valence-electron chi connectivity index (χ2n) is 6.09. The summed E-state index contributed by atoms with van der Waals surface area (Å²) in [5.74, 6) is 1.31. The van der Waals surface area contributed by atoms with Gasteiger partial charge >= 0.3 is 0 Å². The number of nitrogens with zero attached hydrogens (tertiary/aromatic N) is 5. The number of benzene rings is 1. The summed E-state index contributed by atoms with van der Waals surface area (Å²) in [5.41, 5.74) is 2.14. The first-order valence-corrected chi connectivity index (χ1v) is 8.09. The quantitative estimate of drug-likeness (QED) is 0.767. The fourth-order valence-electron chi connectivity index (χ4n) is 2.93. The average molecular weight is 361 g/mol. The molecule has 1 aliphatic rings. The Kier molecular flexibility index (Phi) is 5.47. The van der Waals surface area contributed by atoms with Gasteiger partial charge in [0, 0.05) is 44.1 Å². The Bertz CT molecular complexity index is 786. The van der Waals surface area contributed by atoms with Gasteiger partial charge in [0.1, 0.15) is 0 Å². The molecule has 1 N–H and O–H groups in total. The maximum Gasteiger partial charge on any atom is 0.257 e. The molecule has 1 atom stereocenters. The van der Waals surface area contributed by atoms with Crippen molar-refractivity contribution in [2.45, 2.75) is 12.6 Å². The number of hydrogen-bond donors (Lipinski definition) is 1. The van der Waals surface area contributed by atoms with Crippen LogP contribution in [0.4, 0.5) is 0 Å². The van der Waals surface area contributed by atoms with Crippen molar-refractivity contribution in [3.63, 3.8) is 0 Å². The van der Waals surface area contributed by atoms with Crippen LogP contribution in [0.2, 0.25) is 0 Å². The Morgan fingerprint density at radius 3 is 2.84 bits per heavy atom. The fraction of sp³-hybridized carbons (Fsp3) is 0.353. The number of imidazole rings is 1. The van der Waals surface area contributed by atoms with E-state index in [-0.39, 0.29) is 18.4 Å². The maximum absolute atomic E-state index is 5.47. The van der Waals surface area contributed by atoms with Crippen LogP contribution in [-0.2, 0) is 6.54 Å². The first kappa shape index (κ1) is 17.6. The van der Waals surface area contributed by atoms with E-state index in [0.717, 1.165) is 37.6 Å². The van der Waals surface area contributed by atoms with Gasteiger partial charge in [0.05, 0.1) is 12.4 Å². The van der Waals surface area contributed by atoms with E-state index in [1.54, 1.807) is 6.20 Å². The van der Waals surface area contributed by atoms with Crippen molar-refractivity contribution in [2.24, 2.45) is 0 Å². The molecule has 1 saturated heterocycles. The Labute approximate surface area is 152 Å². The molecular weight excluding hydrogens is 340 g/mol. The summed E-state index contributed by atoms with van der Waals surface area (Å²) in [7, 11) is 2.09. The molecule has 1 aliphatic heterocycles. The van der Waals surface area contributed by atoms with Gasteiger partial charge in [0.2, 0.25) is 0 Å². The highest BCUT2D eigenvalue weighted by Gasteiger charge is 2.25. The van der Waals surface area contributed by atoms with Gasteiger partial charge in [0.15, 0.2) is 5.82 Å². The highest BCUT2D eigenvalue weighted by Crippen LogP contribution is 2.23. The highest BCUT2D eigenvalue weighted by atomic mass is 35.5. The third-order valence-electron chi connectivity index (χ3n) is 4.38. The van der Waals surface area contributed by atoms with E-state index in [1.807, 2.05) is 29.2 Å². The summed E-state index contributed by atoms with van der Waals surface area (Å²) >= 11 is 0. The normalized spacial score (nSPS) is 18.0. The largest absolute Gasteiger partial charge is 0.334 e. The molecule has 0 spiro atoms. The van der Waals surface area contributed by atoms with Crippen LogP contribution >= 0.6 is 12.4 Å². The molecular formula is C17H21ClN6O. The van der Waals surface area contributed by atoms with Crippen LogP contribution < -0.4 is 5.32 Å². The zero-order chi connectivity index (χ0) is 16.4. The van der Waals surface area contributed by atoms with E-state index >= 15 is 0 Å². The Morgan fingerprint density at radius 2 is 2.12 bits per heavy atom. The molecule has 8 heteroatoms. The van der Waals surface area contributed by atoms with Crippen LogP contribution in [0.25, 0.3) is 11.5 Å². The van der Waals surface area contributed by atoms with Crippen LogP contribution in [0.5, 0.6) is 0 Å². The smallest absolute Gasteiger partial charge is 0.257 e. The van der Waals surface area contributed by atoms with Crippen molar-refractivity contribution in [3.05, 3.63) is 54.4 Å². The SMILES string of the molecule is CN1CCNCC1c1noc(-c2ccc(Cn3ccnc3)cc2)n1.Cl. The van der Waals surface area contributed by atoms with Crippen molar-refractivity contribution in [1.29, 1.82) is 0 Å². The Morgan fingerprint density at radius 1 is 1.28 bits per heavy atom. The lowest BCUT2D eigenvalue weighted by molar-refractivity contribution is 0.190. The predicted molar refractivity (Wildman–Crippen MR) is 96.6 cm³/mol. The molecule has 132 valence electrons. The highest BCUT2D eigenvalue weighted by molar-refractivity contribution is 5.85. The number of nitrogens with one attached hydrogen (secondary N) is 1. The van der Waals surface area contributed by atoms with Crippen molar-refractivity contribution in [1.82, 2.24) is 29.9 Å². The zero-order valence-electron chi connectivity index (χ0n) is 14.0. The van der Waals surface area contributed by atoms with Crippen molar-refractivity contribution < 1.29 is 4.52 Å². The zero-order valence-corrected chi connectivity index (χ0v) is 14.8. The molecule has 3 heterocycles. The van der Waals surface area contributed by atoms with Gasteiger partial charge in [-0.1, -0.05) is 17.3 Å². The molecule has 7 nitrogen and oxygen atoms in total. The van der Waals surface area contributed by atoms with Gasteiger partial charge in [-0.2, -0.15) is 4.98 Å². The summed E-state index contributed by atoms with van der Waals surface area (Å²) in [5, 5.41) is 7.54. The molecule has 0 aliphatic carbocycles. The van der Waals surface area contributed by atoms with Gasteiger partial charge in [0.25, 0.3) is 5.89 Å². The lowest BCUT2D eigenvalue weighted by atomic mass is 10.1. The third kappa shape index (κ3) is 3.89. The molecule has 0 bridgehead atoms. The van der Waals surface area contributed by atoms with Crippen molar-refractivity contribution in [3.8, 4) is 11.5 Å². The molecule has 1 aromatic carbocycles. The van der Waals surface area contributed by atoms with Gasteiger partial charge in [-0.25, -0.2) is 4.98 Å². The topological polar surface area (TPSA) is 72.0 Å². The lowest BCUT2D eigenvalue weighted by Crippen LogP contribution is -2.44. The minimum Gasteiger partial charge on any atom is -0.334 e. The molecule has 2 aromatic heterocycles. The number of hydrogen-bond acceptors (Lipinski definition) is 6. The number of aromatic nitrogens is 4. The second kappa shape index (κ2) is 7.77. The number of likely N-dealkylation sites (N-methyl/N-ethyl adjacent to an activating group) is 1. The van der Waals surface area contributed by atoms with Crippen LogP contribution in [0.3, 0.4) is 0 Å². The summed E-state index contributed by atoms with van der Waals surface area (Å²) in [6, 6.07) is 8.36. The van der Waals surface area contributed by atoms with Gasteiger partial charge in [-0.05, 0) is 24.7 Å². The lowest BCUT2D eigenvalue weighted by Gasteiger charge is -2.30. The van der Waals surface area contributed by atoms with E-state index in [4.69, 9.17) is 4.52 Å². The molecule has 0 radical (unpaired) electrons. The Balaban J connectivity index is 0.00000182. The first-order valence-electron chi connectivity index (χ1n) is 8.09. The minimum absolute atomic E-state index is 0. The van der Waals surface area contributed by atoms with Gasteiger partial charge < -0.3 is 14.4 Å². The summed E-state index contributed by atoms with van der Waals surface area (Å²) in [4.78, 5) is 10.9. The first-order chi connectivity index (χ1) is 11.8. The summed E-state index contributed by atoms with van der Waals surface area (Å²) in [6.07, 6.45) is 5.55. The van der Waals surface area contributed by atoms with Crippen molar-refractivity contribution in [2.75, 3.05) is 26.7 Å². The molecule has 25 heavy (non-hydrogen) atoms. The van der Waals surface area contributed by atoms with E-state index in [9.17, 15) is 0 Å². The van der Waals surface area contributed by atoms with E-state index in [2.05, 4.69) is 44.5 Å². The number of piperazine rings is 1. The minimum atomic E-state index is 0. The van der Waals surface area contributed by atoms with E-state index in [0.29, 0.717) is 5.89 Å². The van der Waals surface area contributed by atoms with Crippen molar-refractivity contribution >= 4 is 12.4 Å². The second-order valence-corrected chi connectivity index (χ2v) is 6.09. The van der Waals surface area contributed by atoms with E-state index < -0.39 is 0 Å². The Hall–Kier alpha value is -2.22. The molecule has 1 unspecified atom stereocenters. The number of halogens is 1. The van der Waals surface area contributed by atoms with Gasteiger partial charge in [-0.3, -0.25) is 4.90 Å². The van der Waals surface area contributed by atoms with Crippen LogP contribution in [-0.4, -0.2) is 51.3 Å². The molecule has 0 amide bonds. The predicted octanol–water partition coefficient (Wildman–Crippen LogP) is 1.98. The average Bonchev–Trinajstić information content (AvgIpc) is 3.28.